The van der Waals surface area contributed by atoms with E-state index in [9.17, 15) is 4.79 Å². The van der Waals surface area contributed by atoms with Crippen molar-refractivity contribution in [3.8, 4) is 11.1 Å². The number of benzene rings is 1. The molecular weight excluding hydrogens is 258 g/mol. The van der Waals surface area contributed by atoms with E-state index in [1.165, 1.54) is 5.56 Å². The molecule has 2 aromatic rings. The number of nitrogens with two attached hydrogens (primary N) is 1. The average Bonchev–Trinajstić information content (AvgIpc) is 2.88. The molecule has 0 radical (unpaired) electrons. The summed E-state index contributed by atoms with van der Waals surface area (Å²) < 4.78 is 4.91. The lowest BCUT2D eigenvalue weighted by molar-refractivity contribution is -0.144. The Bertz CT molecular complexity index is 536. The molecular formula is C15H17NO2S. The number of hydrogen-bond donors (Lipinski definition) is 1. The fraction of sp³-hybridized carbons (Fsp3) is 0.267. The lowest BCUT2D eigenvalue weighted by Crippen LogP contribution is -2.34. The van der Waals surface area contributed by atoms with Gasteiger partial charge in [0, 0.05) is 11.3 Å². The van der Waals surface area contributed by atoms with Crippen LogP contribution in [0.5, 0.6) is 0 Å². The smallest absolute Gasteiger partial charge is 0.323 e. The molecule has 0 spiro atoms. The third-order valence-electron chi connectivity index (χ3n) is 2.77. The predicted octanol–water partition coefficient (Wildman–Crippen LogP) is 2.85. The molecule has 100 valence electrons. The van der Waals surface area contributed by atoms with Crippen LogP contribution in [0, 0.1) is 0 Å². The molecule has 1 unspecified atom stereocenters. The Morgan fingerprint density at radius 3 is 2.74 bits per heavy atom. The Balaban J connectivity index is 2.04. The highest BCUT2D eigenvalue weighted by molar-refractivity contribution is 7.10. The van der Waals surface area contributed by atoms with E-state index < -0.39 is 6.04 Å². The van der Waals surface area contributed by atoms with Crippen LogP contribution in [0.3, 0.4) is 0 Å². The van der Waals surface area contributed by atoms with Gasteiger partial charge in [-0.2, -0.15) is 0 Å². The van der Waals surface area contributed by atoms with Crippen molar-refractivity contribution in [3.05, 3.63) is 46.7 Å². The first-order valence-corrected chi connectivity index (χ1v) is 7.13. The quantitative estimate of drug-likeness (QED) is 0.854. The highest BCUT2D eigenvalue weighted by atomic mass is 32.1. The van der Waals surface area contributed by atoms with Crippen LogP contribution in [-0.4, -0.2) is 18.6 Å². The molecule has 2 rings (SSSR count). The molecule has 1 aromatic heterocycles. The average molecular weight is 275 g/mol. The summed E-state index contributed by atoms with van der Waals surface area (Å²) in [4.78, 5) is 12.6. The van der Waals surface area contributed by atoms with Crippen molar-refractivity contribution in [2.75, 3.05) is 6.61 Å². The molecule has 2 N–H and O–H groups in total. The van der Waals surface area contributed by atoms with Gasteiger partial charge in [0.1, 0.15) is 6.04 Å². The van der Waals surface area contributed by atoms with Crippen molar-refractivity contribution in [3.63, 3.8) is 0 Å². The molecule has 1 aromatic carbocycles. The summed E-state index contributed by atoms with van der Waals surface area (Å²) in [6.07, 6.45) is 0.524. The molecule has 0 aliphatic rings. The number of rotatable bonds is 5. The summed E-state index contributed by atoms with van der Waals surface area (Å²) in [7, 11) is 0. The second-order valence-corrected chi connectivity index (χ2v) is 5.23. The zero-order valence-electron chi connectivity index (χ0n) is 10.8. The van der Waals surface area contributed by atoms with Crippen molar-refractivity contribution in [2.24, 2.45) is 5.73 Å². The summed E-state index contributed by atoms with van der Waals surface area (Å²) in [5.74, 6) is -0.336. The number of ether oxygens (including phenoxy) is 1. The van der Waals surface area contributed by atoms with Crippen LogP contribution in [0.1, 0.15) is 11.8 Å². The molecule has 1 heterocycles. The van der Waals surface area contributed by atoms with Gasteiger partial charge in [-0.25, -0.2) is 0 Å². The van der Waals surface area contributed by atoms with Gasteiger partial charge in [-0.1, -0.05) is 30.3 Å². The minimum atomic E-state index is -0.581. The first kappa shape index (κ1) is 13.8. The predicted molar refractivity (Wildman–Crippen MR) is 78.1 cm³/mol. The Labute approximate surface area is 117 Å². The van der Waals surface area contributed by atoms with Gasteiger partial charge >= 0.3 is 5.97 Å². The largest absolute Gasteiger partial charge is 0.465 e. The molecule has 3 nitrogen and oxygen atoms in total. The van der Waals surface area contributed by atoms with Crippen LogP contribution >= 0.6 is 11.3 Å². The van der Waals surface area contributed by atoms with E-state index >= 15 is 0 Å². The molecule has 0 fully saturated rings. The number of esters is 1. The van der Waals surface area contributed by atoms with Crippen LogP contribution in [0.15, 0.2) is 41.8 Å². The van der Waals surface area contributed by atoms with Gasteiger partial charge in [0.05, 0.1) is 6.61 Å². The number of hydrogen-bond acceptors (Lipinski definition) is 4. The van der Waals surface area contributed by atoms with Crippen molar-refractivity contribution in [1.29, 1.82) is 0 Å². The van der Waals surface area contributed by atoms with E-state index in [-0.39, 0.29) is 5.97 Å². The van der Waals surface area contributed by atoms with Crippen LogP contribution in [0.25, 0.3) is 11.1 Å². The molecule has 19 heavy (non-hydrogen) atoms. The van der Waals surface area contributed by atoms with E-state index in [4.69, 9.17) is 10.5 Å². The molecule has 0 aliphatic heterocycles. The summed E-state index contributed by atoms with van der Waals surface area (Å²) in [6.45, 7) is 2.15. The third kappa shape index (κ3) is 3.66. The molecule has 4 heteroatoms. The van der Waals surface area contributed by atoms with Gasteiger partial charge in [-0.3, -0.25) is 4.79 Å². The van der Waals surface area contributed by atoms with E-state index in [1.54, 1.807) is 18.3 Å². The SMILES string of the molecule is CCOC(=O)C(N)Cc1cc(-c2ccccc2)cs1. The fourth-order valence-electron chi connectivity index (χ4n) is 1.82. The van der Waals surface area contributed by atoms with Gasteiger partial charge in [-0.05, 0) is 29.5 Å². The van der Waals surface area contributed by atoms with Crippen molar-refractivity contribution < 1.29 is 9.53 Å². The normalized spacial score (nSPS) is 12.1. The second kappa shape index (κ2) is 6.50. The van der Waals surface area contributed by atoms with Gasteiger partial charge in [0.2, 0.25) is 0 Å². The maximum absolute atomic E-state index is 11.5. The van der Waals surface area contributed by atoms with Crippen molar-refractivity contribution >= 4 is 17.3 Å². The van der Waals surface area contributed by atoms with Crippen molar-refractivity contribution in [1.82, 2.24) is 0 Å². The van der Waals surface area contributed by atoms with E-state index in [0.717, 1.165) is 10.4 Å². The second-order valence-electron chi connectivity index (χ2n) is 4.23. The zero-order chi connectivity index (χ0) is 13.7. The fourth-order valence-corrected chi connectivity index (χ4v) is 2.77. The van der Waals surface area contributed by atoms with Gasteiger partial charge in [-0.15, -0.1) is 11.3 Å². The zero-order valence-corrected chi connectivity index (χ0v) is 11.7. The van der Waals surface area contributed by atoms with E-state index in [0.29, 0.717) is 13.0 Å². The molecule has 0 bridgehead atoms. The third-order valence-corrected chi connectivity index (χ3v) is 3.73. The highest BCUT2D eigenvalue weighted by Crippen LogP contribution is 2.26. The topological polar surface area (TPSA) is 52.3 Å². The lowest BCUT2D eigenvalue weighted by atomic mass is 10.1. The Morgan fingerprint density at radius 2 is 2.05 bits per heavy atom. The molecule has 0 amide bonds. The van der Waals surface area contributed by atoms with E-state index in [1.807, 2.05) is 18.2 Å². The van der Waals surface area contributed by atoms with Gasteiger partial charge in [0.15, 0.2) is 0 Å². The lowest BCUT2D eigenvalue weighted by Gasteiger charge is -2.08. The molecule has 1 atom stereocenters. The highest BCUT2D eigenvalue weighted by Gasteiger charge is 2.16. The Hall–Kier alpha value is -1.65. The standard InChI is InChI=1S/C15H17NO2S/c1-2-18-15(17)14(16)9-13-8-12(10-19-13)11-6-4-3-5-7-11/h3-8,10,14H,2,9,16H2,1H3. The molecule has 0 saturated heterocycles. The minimum Gasteiger partial charge on any atom is -0.465 e. The van der Waals surface area contributed by atoms with Crippen LogP contribution in [-0.2, 0) is 16.0 Å². The first-order chi connectivity index (χ1) is 9.20. The van der Waals surface area contributed by atoms with E-state index in [2.05, 4.69) is 23.6 Å². The summed E-state index contributed by atoms with van der Waals surface area (Å²) in [5.41, 5.74) is 8.15. The van der Waals surface area contributed by atoms with Gasteiger partial charge in [0.25, 0.3) is 0 Å². The van der Waals surface area contributed by atoms with Crippen LogP contribution in [0.2, 0.25) is 0 Å². The van der Waals surface area contributed by atoms with Crippen molar-refractivity contribution in [2.45, 2.75) is 19.4 Å². The Kier molecular flexibility index (Phi) is 4.71. The number of carbonyl (C=O) groups excluding carboxylic acids is 1. The van der Waals surface area contributed by atoms with Crippen LogP contribution in [0.4, 0.5) is 0 Å². The summed E-state index contributed by atoms with van der Waals surface area (Å²) in [5, 5.41) is 2.09. The first-order valence-electron chi connectivity index (χ1n) is 6.25. The molecule has 0 saturated carbocycles. The number of carbonyl (C=O) groups is 1. The number of thiophene rings is 1. The Morgan fingerprint density at radius 1 is 1.32 bits per heavy atom. The summed E-state index contributed by atoms with van der Waals surface area (Å²) >= 11 is 1.62. The monoisotopic (exact) mass is 275 g/mol. The maximum atomic E-state index is 11.5. The van der Waals surface area contributed by atoms with Gasteiger partial charge < -0.3 is 10.5 Å². The van der Waals surface area contributed by atoms with Crippen LogP contribution < -0.4 is 5.73 Å². The molecule has 0 aliphatic carbocycles. The maximum Gasteiger partial charge on any atom is 0.323 e. The minimum absolute atomic E-state index is 0.336. The summed E-state index contributed by atoms with van der Waals surface area (Å²) in [6, 6.07) is 11.6.